The zero-order valence-corrected chi connectivity index (χ0v) is 30.7. The fraction of sp³-hybridized carbons (Fsp3) is 0.974. The van der Waals surface area contributed by atoms with Gasteiger partial charge >= 0.3 is 0 Å². The number of hydrogen-bond donors (Lipinski definition) is 5. The second kappa shape index (κ2) is 27.9. The fourth-order valence-electron chi connectivity index (χ4n) is 6.67. The van der Waals surface area contributed by atoms with Crippen molar-refractivity contribution in [3.8, 4) is 0 Å². The average molecular weight is 674 g/mol. The molecule has 0 bridgehead atoms. The summed E-state index contributed by atoms with van der Waals surface area (Å²) < 4.78 is 11.1. The molecule has 1 saturated heterocycles. The molecule has 0 saturated carbocycles. The average Bonchev–Trinajstić information content (AvgIpc) is 3.08. The van der Waals surface area contributed by atoms with Gasteiger partial charge in [-0.25, -0.2) is 0 Å². The molecule has 1 fully saturated rings. The van der Waals surface area contributed by atoms with Gasteiger partial charge in [-0.3, -0.25) is 4.79 Å². The molecule has 1 aliphatic heterocycles. The number of likely N-dealkylation sites (N-methyl/N-ethyl adjacent to an activating group) is 1. The highest BCUT2D eigenvalue weighted by molar-refractivity contribution is 5.78. The lowest BCUT2D eigenvalue weighted by atomic mass is 9.98. The molecule has 0 spiro atoms. The summed E-state index contributed by atoms with van der Waals surface area (Å²) in [5, 5.41) is 50.4. The number of ether oxygens (including phenoxy) is 2. The summed E-state index contributed by atoms with van der Waals surface area (Å²) in [6, 6.07) is -0.679. The van der Waals surface area contributed by atoms with Crippen molar-refractivity contribution < 1.29 is 39.8 Å². The van der Waals surface area contributed by atoms with E-state index in [2.05, 4.69) is 6.92 Å². The van der Waals surface area contributed by atoms with E-state index in [1.54, 1.807) is 7.05 Å². The van der Waals surface area contributed by atoms with E-state index >= 15 is 0 Å². The van der Waals surface area contributed by atoms with Crippen LogP contribution in [0.4, 0.5) is 0 Å². The molecule has 0 aliphatic carbocycles. The summed E-state index contributed by atoms with van der Waals surface area (Å²) >= 11 is 0. The predicted octanol–water partition coefficient (Wildman–Crippen LogP) is 6.64. The summed E-state index contributed by atoms with van der Waals surface area (Å²) in [4.78, 5) is 14.7. The molecule has 9 heteroatoms. The lowest BCUT2D eigenvalue weighted by Crippen LogP contribution is -2.60. The second-order valence-corrected chi connectivity index (χ2v) is 14.3. The van der Waals surface area contributed by atoms with Gasteiger partial charge in [0.2, 0.25) is 5.91 Å². The summed E-state index contributed by atoms with van der Waals surface area (Å²) in [5.41, 5.74) is 0. The van der Waals surface area contributed by atoms with E-state index in [1.165, 1.54) is 127 Å². The summed E-state index contributed by atoms with van der Waals surface area (Å²) in [7, 11) is 1.65. The van der Waals surface area contributed by atoms with E-state index in [0.717, 1.165) is 19.3 Å². The third-order valence-corrected chi connectivity index (χ3v) is 10.1. The first-order valence-corrected chi connectivity index (χ1v) is 19.6. The van der Waals surface area contributed by atoms with Gasteiger partial charge in [0.15, 0.2) is 6.29 Å². The van der Waals surface area contributed by atoms with E-state index in [9.17, 15) is 30.3 Å². The third kappa shape index (κ3) is 18.7. The summed E-state index contributed by atoms with van der Waals surface area (Å²) in [6.45, 7) is 5.32. The molecule has 0 radical (unpaired) electrons. The first kappa shape index (κ1) is 44.2. The summed E-state index contributed by atoms with van der Waals surface area (Å²) in [6.07, 6.45) is 21.6. The molecule has 9 nitrogen and oxygen atoms in total. The van der Waals surface area contributed by atoms with Gasteiger partial charge in [-0.05, 0) is 12.8 Å². The first-order valence-electron chi connectivity index (χ1n) is 19.6. The lowest BCUT2D eigenvalue weighted by Gasteiger charge is -2.41. The van der Waals surface area contributed by atoms with E-state index in [-0.39, 0.29) is 18.4 Å². The standard InChI is InChI=1S/C38H75NO8/c1-5-7-8-9-10-11-12-13-14-15-16-17-18-19-20-21-22-23-24-25-26-27-30(3)37(45)39(4)31(32(41)6-2)29-46-38-36(44)35(43)34(42)33(28-40)47-38/h30-36,38,40-44H,5-29H2,1-4H3/t30?,31-,32+,33?,34?,35?,36?,38?/m0/s1. The van der Waals surface area contributed by atoms with Crippen molar-refractivity contribution in [1.29, 1.82) is 0 Å². The number of aliphatic hydroxyl groups excluding tert-OH is 5. The fourth-order valence-corrected chi connectivity index (χ4v) is 6.67. The van der Waals surface area contributed by atoms with Crippen LogP contribution in [-0.2, 0) is 14.3 Å². The Morgan fingerprint density at radius 1 is 0.702 bits per heavy atom. The molecule has 0 aromatic carbocycles. The molecule has 1 heterocycles. The Balaban J connectivity index is 2.12. The number of hydrogen-bond acceptors (Lipinski definition) is 8. The molecule has 47 heavy (non-hydrogen) atoms. The lowest BCUT2D eigenvalue weighted by molar-refractivity contribution is -0.304. The summed E-state index contributed by atoms with van der Waals surface area (Å²) in [5.74, 6) is -0.271. The molecule has 0 aromatic heterocycles. The van der Waals surface area contributed by atoms with Gasteiger partial charge < -0.3 is 39.9 Å². The van der Waals surface area contributed by atoms with Gasteiger partial charge in [-0.1, -0.05) is 156 Å². The number of amides is 1. The van der Waals surface area contributed by atoms with Crippen LogP contribution >= 0.6 is 0 Å². The van der Waals surface area contributed by atoms with Crippen LogP contribution in [-0.4, -0.2) is 99.5 Å². The van der Waals surface area contributed by atoms with Crippen LogP contribution in [0.2, 0.25) is 0 Å². The molecule has 1 aliphatic rings. The van der Waals surface area contributed by atoms with E-state index in [1.807, 2.05) is 13.8 Å². The predicted molar refractivity (Wildman–Crippen MR) is 189 cm³/mol. The largest absolute Gasteiger partial charge is 0.394 e. The number of nitrogens with zero attached hydrogens (tertiary/aromatic N) is 1. The Morgan fingerprint density at radius 2 is 1.13 bits per heavy atom. The second-order valence-electron chi connectivity index (χ2n) is 14.3. The Morgan fingerprint density at radius 3 is 1.53 bits per heavy atom. The Kier molecular flexibility index (Phi) is 26.3. The SMILES string of the molecule is CCCCCCCCCCCCCCCCCCCCCCCC(C)C(=O)N(C)[C@@H](COC1OC(CO)C(O)C(O)C1O)[C@H](O)CC. The Hall–Kier alpha value is -0.810. The number of unbranched alkanes of at least 4 members (excludes halogenated alkanes) is 20. The van der Waals surface area contributed by atoms with E-state index < -0.39 is 49.5 Å². The van der Waals surface area contributed by atoms with Gasteiger partial charge in [0, 0.05) is 13.0 Å². The molecular weight excluding hydrogens is 598 g/mol. The maximum Gasteiger partial charge on any atom is 0.225 e. The van der Waals surface area contributed by atoms with Crippen molar-refractivity contribution in [3.63, 3.8) is 0 Å². The minimum atomic E-state index is -1.55. The normalized spacial score (nSPS) is 23.5. The van der Waals surface area contributed by atoms with Gasteiger partial charge in [0.25, 0.3) is 0 Å². The van der Waals surface area contributed by atoms with Gasteiger partial charge in [0.05, 0.1) is 25.4 Å². The van der Waals surface area contributed by atoms with Crippen LogP contribution in [0.5, 0.6) is 0 Å². The van der Waals surface area contributed by atoms with Crippen molar-refractivity contribution in [2.45, 2.75) is 211 Å². The molecule has 280 valence electrons. The number of carbonyl (C=O) groups is 1. The molecule has 6 unspecified atom stereocenters. The van der Waals surface area contributed by atoms with Gasteiger partial charge in [0.1, 0.15) is 24.4 Å². The molecule has 0 aromatic rings. The van der Waals surface area contributed by atoms with Crippen LogP contribution in [0.1, 0.15) is 168 Å². The first-order chi connectivity index (χ1) is 22.7. The monoisotopic (exact) mass is 674 g/mol. The highest BCUT2D eigenvalue weighted by atomic mass is 16.7. The minimum Gasteiger partial charge on any atom is -0.394 e. The maximum atomic E-state index is 13.2. The van der Waals surface area contributed by atoms with Crippen molar-refractivity contribution in [2.24, 2.45) is 5.92 Å². The number of carbonyl (C=O) groups excluding carboxylic acids is 1. The topological polar surface area (TPSA) is 140 Å². The van der Waals surface area contributed by atoms with Crippen LogP contribution < -0.4 is 0 Å². The van der Waals surface area contributed by atoms with Gasteiger partial charge in [-0.15, -0.1) is 0 Å². The molecule has 5 N–H and O–H groups in total. The molecular formula is C38H75NO8. The van der Waals surface area contributed by atoms with Crippen molar-refractivity contribution >= 4 is 5.91 Å². The van der Waals surface area contributed by atoms with Crippen LogP contribution in [0.15, 0.2) is 0 Å². The number of aliphatic hydroxyl groups is 5. The highest BCUT2D eigenvalue weighted by Gasteiger charge is 2.44. The third-order valence-electron chi connectivity index (χ3n) is 10.1. The van der Waals surface area contributed by atoms with Crippen molar-refractivity contribution in [2.75, 3.05) is 20.3 Å². The van der Waals surface area contributed by atoms with E-state index in [4.69, 9.17) is 9.47 Å². The number of rotatable bonds is 30. The Bertz CT molecular complexity index is 740. The highest BCUT2D eigenvalue weighted by Crippen LogP contribution is 2.24. The maximum absolute atomic E-state index is 13.2. The zero-order valence-electron chi connectivity index (χ0n) is 30.7. The Labute approximate surface area is 287 Å². The minimum absolute atomic E-state index is 0.0759. The van der Waals surface area contributed by atoms with Gasteiger partial charge in [-0.2, -0.15) is 0 Å². The van der Waals surface area contributed by atoms with Crippen LogP contribution in [0.3, 0.4) is 0 Å². The van der Waals surface area contributed by atoms with Crippen molar-refractivity contribution in [3.05, 3.63) is 0 Å². The smallest absolute Gasteiger partial charge is 0.225 e. The van der Waals surface area contributed by atoms with Crippen molar-refractivity contribution in [1.82, 2.24) is 4.90 Å². The quantitative estimate of drug-likeness (QED) is 0.0535. The van der Waals surface area contributed by atoms with Crippen LogP contribution in [0.25, 0.3) is 0 Å². The van der Waals surface area contributed by atoms with E-state index in [0.29, 0.717) is 6.42 Å². The molecule has 1 rings (SSSR count). The zero-order chi connectivity index (χ0) is 34.9. The molecule has 1 amide bonds. The molecule has 8 atom stereocenters. The van der Waals surface area contributed by atoms with Crippen LogP contribution in [0, 0.1) is 5.92 Å².